The number of halogens is 1. The quantitative estimate of drug-likeness (QED) is 0.331. The SMILES string of the molecule is CCNC(=NCc1ccnc(N2CCCCCC2)c1)NCCN1CCCCC1.I. The summed E-state index contributed by atoms with van der Waals surface area (Å²) < 4.78 is 0. The molecule has 0 spiro atoms. The Kier molecular flexibility index (Phi) is 11.7. The Labute approximate surface area is 194 Å². The second kappa shape index (κ2) is 14.0. The first kappa shape index (κ1) is 24.2. The standard InChI is InChI=1S/C22H38N6.HI/c1-2-23-22(25-12-17-27-13-6-5-7-14-27)26-19-20-10-11-24-21(18-20)28-15-8-3-4-9-16-28;/h10-11,18H,2-9,12-17,19H2,1H3,(H2,23,25,26);1H. The molecule has 2 saturated heterocycles. The summed E-state index contributed by atoms with van der Waals surface area (Å²) in [6, 6.07) is 4.30. The molecule has 0 saturated carbocycles. The minimum Gasteiger partial charge on any atom is -0.357 e. The maximum atomic E-state index is 4.80. The Morgan fingerprint density at radius 1 is 1.00 bits per heavy atom. The van der Waals surface area contributed by atoms with E-state index in [0.717, 1.165) is 44.5 Å². The lowest BCUT2D eigenvalue weighted by molar-refractivity contribution is 0.232. The molecule has 2 fully saturated rings. The van der Waals surface area contributed by atoms with Gasteiger partial charge >= 0.3 is 0 Å². The van der Waals surface area contributed by atoms with Gasteiger partial charge in [-0.05, 0) is 63.4 Å². The molecule has 1 aromatic rings. The number of aliphatic imine (C=N–C) groups is 1. The van der Waals surface area contributed by atoms with Crippen molar-refractivity contribution in [2.45, 2.75) is 58.4 Å². The van der Waals surface area contributed by atoms with Gasteiger partial charge in [-0.3, -0.25) is 0 Å². The Morgan fingerprint density at radius 2 is 1.69 bits per heavy atom. The first-order valence-electron chi connectivity index (χ1n) is 11.3. The fourth-order valence-corrected chi connectivity index (χ4v) is 4.06. The summed E-state index contributed by atoms with van der Waals surface area (Å²) >= 11 is 0. The number of hydrogen-bond acceptors (Lipinski definition) is 4. The van der Waals surface area contributed by atoms with Crippen molar-refractivity contribution in [3.8, 4) is 0 Å². The van der Waals surface area contributed by atoms with Crippen LogP contribution in [0.4, 0.5) is 5.82 Å². The summed E-state index contributed by atoms with van der Waals surface area (Å²) in [5.41, 5.74) is 1.22. The third-order valence-electron chi connectivity index (χ3n) is 5.67. The largest absolute Gasteiger partial charge is 0.357 e. The van der Waals surface area contributed by atoms with Gasteiger partial charge in [0, 0.05) is 38.9 Å². The summed E-state index contributed by atoms with van der Waals surface area (Å²) in [6.07, 6.45) is 11.2. The number of pyridine rings is 1. The minimum absolute atomic E-state index is 0. The molecule has 2 N–H and O–H groups in total. The lowest BCUT2D eigenvalue weighted by Gasteiger charge is -2.26. The number of nitrogens with zero attached hydrogens (tertiary/aromatic N) is 4. The van der Waals surface area contributed by atoms with E-state index < -0.39 is 0 Å². The third-order valence-corrected chi connectivity index (χ3v) is 5.67. The van der Waals surface area contributed by atoms with Crippen LogP contribution in [0.5, 0.6) is 0 Å². The van der Waals surface area contributed by atoms with E-state index in [0.29, 0.717) is 6.54 Å². The van der Waals surface area contributed by atoms with Crippen LogP contribution in [-0.2, 0) is 6.54 Å². The van der Waals surface area contributed by atoms with Crippen LogP contribution in [0.1, 0.15) is 57.4 Å². The van der Waals surface area contributed by atoms with Crippen LogP contribution in [0.3, 0.4) is 0 Å². The van der Waals surface area contributed by atoms with Crippen LogP contribution in [-0.4, -0.2) is 61.7 Å². The highest BCUT2D eigenvalue weighted by molar-refractivity contribution is 14.0. The van der Waals surface area contributed by atoms with E-state index in [2.05, 4.69) is 44.5 Å². The molecule has 0 unspecified atom stereocenters. The van der Waals surface area contributed by atoms with Gasteiger partial charge in [-0.1, -0.05) is 19.3 Å². The summed E-state index contributed by atoms with van der Waals surface area (Å²) in [6.45, 7) is 10.5. The van der Waals surface area contributed by atoms with Gasteiger partial charge in [-0.15, -0.1) is 24.0 Å². The number of anilines is 1. The van der Waals surface area contributed by atoms with E-state index in [-0.39, 0.29) is 24.0 Å². The zero-order chi connectivity index (χ0) is 19.4. The van der Waals surface area contributed by atoms with E-state index in [4.69, 9.17) is 4.99 Å². The molecule has 3 rings (SSSR count). The van der Waals surface area contributed by atoms with Crippen molar-refractivity contribution in [2.75, 3.05) is 50.7 Å². The second-order valence-corrected chi connectivity index (χ2v) is 7.95. The lowest BCUT2D eigenvalue weighted by atomic mass is 10.1. The van der Waals surface area contributed by atoms with E-state index in [1.54, 1.807) is 0 Å². The van der Waals surface area contributed by atoms with E-state index >= 15 is 0 Å². The molecular weight excluding hydrogens is 475 g/mol. The number of guanidine groups is 1. The molecule has 6 nitrogen and oxygen atoms in total. The number of rotatable bonds is 7. The zero-order valence-corrected chi connectivity index (χ0v) is 20.4. The van der Waals surface area contributed by atoms with Crippen molar-refractivity contribution in [1.29, 1.82) is 0 Å². The van der Waals surface area contributed by atoms with Crippen LogP contribution in [0.25, 0.3) is 0 Å². The minimum atomic E-state index is 0. The van der Waals surface area contributed by atoms with Gasteiger partial charge in [0.2, 0.25) is 0 Å². The van der Waals surface area contributed by atoms with Crippen LogP contribution >= 0.6 is 24.0 Å². The molecular formula is C22H39IN6. The molecule has 29 heavy (non-hydrogen) atoms. The van der Waals surface area contributed by atoms with Gasteiger partial charge in [-0.2, -0.15) is 0 Å². The maximum Gasteiger partial charge on any atom is 0.191 e. The van der Waals surface area contributed by atoms with Gasteiger partial charge in [0.05, 0.1) is 6.54 Å². The number of piperidine rings is 1. The summed E-state index contributed by atoms with van der Waals surface area (Å²) in [4.78, 5) is 14.4. The molecule has 0 amide bonds. The molecule has 164 valence electrons. The molecule has 7 heteroatoms. The topological polar surface area (TPSA) is 55.8 Å². The van der Waals surface area contributed by atoms with Crippen molar-refractivity contribution >= 4 is 35.8 Å². The number of aromatic nitrogens is 1. The fraction of sp³-hybridized carbons (Fsp3) is 0.727. The van der Waals surface area contributed by atoms with Gasteiger partial charge in [0.25, 0.3) is 0 Å². The molecule has 2 aliphatic heterocycles. The van der Waals surface area contributed by atoms with Crippen LogP contribution in [0.2, 0.25) is 0 Å². The highest BCUT2D eigenvalue weighted by Gasteiger charge is 2.12. The molecule has 0 atom stereocenters. The average Bonchev–Trinajstić information content (AvgIpc) is 3.03. The van der Waals surface area contributed by atoms with E-state index in [1.807, 2.05) is 6.20 Å². The predicted molar refractivity (Wildman–Crippen MR) is 133 cm³/mol. The summed E-state index contributed by atoms with van der Waals surface area (Å²) in [5.74, 6) is 2.02. The Hall–Kier alpha value is -1.09. The highest BCUT2D eigenvalue weighted by Crippen LogP contribution is 2.18. The van der Waals surface area contributed by atoms with Crippen molar-refractivity contribution in [2.24, 2.45) is 4.99 Å². The molecule has 0 radical (unpaired) electrons. The monoisotopic (exact) mass is 514 g/mol. The van der Waals surface area contributed by atoms with E-state index in [9.17, 15) is 0 Å². The van der Waals surface area contributed by atoms with Gasteiger partial charge in [-0.25, -0.2) is 9.98 Å². The predicted octanol–water partition coefficient (Wildman–Crippen LogP) is 3.62. The normalized spacial score (nSPS) is 18.7. The number of hydrogen-bond donors (Lipinski definition) is 2. The molecule has 0 bridgehead atoms. The maximum absolute atomic E-state index is 4.80. The van der Waals surface area contributed by atoms with Gasteiger partial charge in [0.1, 0.15) is 5.82 Å². The Balaban J connectivity index is 0.00000300. The van der Waals surface area contributed by atoms with Gasteiger partial charge in [0.15, 0.2) is 5.96 Å². The van der Waals surface area contributed by atoms with E-state index in [1.165, 1.54) is 63.6 Å². The van der Waals surface area contributed by atoms with Crippen molar-refractivity contribution in [3.05, 3.63) is 23.9 Å². The number of nitrogens with one attached hydrogen (secondary N) is 2. The lowest BCUT2D eigenvalue weighted by Crippen LogP contribution is -2.42. The van der Waals surface area contributed by atoms with Gasteiger partial charge < -0.3 is 20.4 Å². The first-order chi connectivity index (χ1) is 13.8. The third kappa shape index (κ3) is 8.66. The fourth-order valence-electron chi connectivity index (χ4n) is 4.06. The van der Waals surface area contributed by atoms with Crippen LogP contribution < -0.4 is 15.5 Å². The molecule has 0 aliphatic carbocycles. The Morgan fingerprint density at radius 3 is 2.41 bits per heavy atom. The number of likely N-dealkylation sites (tertiary alicyclic amines) is 1. The van der Waals surface area contributed by atoms with Crippen molar-refractivity contribution in [1.82, 2.24) is 20.5 Å². The van der Waals surface area contributed by atoms with Crippen LogP contribution in [0.15, 0.2) is 23.3 Å². The van der Waals surface area contributed by atoms with Crippen molar-refractivity contribution < 1.29 is 0 Å². The highest BCUT2D eigenvalue weighted by atomic mass is 127. The second-order valence-electron chi connectivity index (χ2n) is 7.95. The molecule has 2 aliphatic rings. The van der Waals surface area contributed by atoms with Crippen LogP contribution in [0, 0.1) is 0 Å². The molecule has 0 aromatic carbocycles. The van der Waals surface area contributed by atoms with Crippen molar-refractivity contribution in [3.63, 3.8) is 0 Å². The average molecular weight is 515 g/mol. The Bertz CT molecular complexity index is 595. The first-order valence-corrected chi connectivity index (χ1v) is 11.3. The summed E-state index contributed by atoms with van der Waals surface area (Å²) in [7, 11) is 0. The zero-order valence-electron chi connectivity index (χ0n) is 18.0. The summed E-state index contributed by atoms with van der Waals surface area (Å²) in [5, 5.41) is 6.87. The smallest absolute Gasteiger partial charge is 0.191 e. The molecule has 3 heterocycles. The molecule has 1 aromatic heterocycles.